The summed E-state index contributed by atoms with van der Waals surface area (Å²) in [6.45, 7) is 7.55. The summed E-state index contributed by atoms with van der Waals surface area (Å²) in [5.74, 6) is 0.712. The lowest BCUT2D eigenvalue weighted by molar-refractivity contribution is 0.220. The summed E-state index contributed by atoms with van der Waals surface area (Å²) in [6.07, 6.45) is 1.70. The molecule has 1 heterocycles. The van der Waals surface area contributed by atoms with E-state index < -0.39 is 0 Å². The number of rotatable bonds is 7. The van der Waals surface area contributed by atoms with Crippen molar-refractivity contribution in [3.63, 3.8) is 0 Å². The predicted octanol–water partition coefficient (Wildman–Crippen LogP) is 1.84. The van der Waals surface area contributed by atoms with Crippen LogP contribution in [0.25, 0.3) is 0 Å². The average molecular weight is 273 g/mol. The molecule has 0 amide bonds. The Morgan fingerprint density at radius 1 is 1.39 bits per heavy atom. The van der Waals surface area contributed by atoms with E-state index in [1.807, 2.05) is 11.6 Å². The highest BCUT2D eigenvalue weighted by Crippen LogP contribution is 2.07. The van der Waals surface area contributed by atoms with E-state index in [2.05, 4.69) is 18.7 Å². The second-order valence-corrected chi connectivity index (χ2v) is 4.38. The number of hydrogen-bond donors (Lipinski definition) is 0. The van der Waals surface area contributed by atoms with E-state index in [0.29, 0.717) is 18.2 Å². The number of hydrogen-bond acceptors (Lipinski definition) is 3. The fourth-order valence-electron chi connectivity index (χ4n) is 1.71. The Kier molecular flexibility index (Phi) is 6.22. The molecule has 0 atom stereocenters. The van der Waals surface area contributed by atoms with Crippen LogP contribution in [-0.2, 0) is 12.9 Å². The Morgan fingerprint density at radius 3 is 2.61 bits per heavy atom. The van der Waals surface area contributed by atoms with Gasteiger partial charge < -0.3 is 14.2 Å². The third kappa shape index (κ3) is 4.03. The SMILES string of the molecule is CCN(CC)CCOc1cn(C)c(CCl)cc1=O. The molecule has 0 radical (unpaired) electrons. The number of aromatic nitrogens is 1. The molecule has 0 aromatic carbocycles. The third-order valence-corrected chi connectivity index (χ3v) is 3.27. The normalized spacial score (nSPS) is 10.9. The van der Waals surface area contributed by atoms with Crippen molar-refractivity contribution in [1.82, 2.24) is 9.47 Å². The molecular formula is C13H21ClN2O2. The zero-order chi connectivity index (χ0) is 13.5. The van der Waals surface area contributed by atoms with Crippen molar-refractivity contribution in [2.24, 2.45) is 7.05 Å². The molecule has 4 nitrogen and oxygen atoms in total. The summed E-state index contributed by atoms with van der Waals surface area (Å²) in [7, 11) is 1.86. The molecule has 0 unspecified atom stereocenters. The maximum absolute atomic E-state index is 11.8. The topological polar surface area (TPSA) is 34.5 Å². The summed E-state index contributed by atoms with van der Waals surface area (Å²) >= 11 is 5.73. The summed E-state index contributed by atoms with van der Waals surface area (Å²) in [6, 6.07) is 1.53. The molecule has 1 aromatic heterocycles. The maximum Gasteiger partial charge on any atom is 0.223 e. The van der Waals surface area contributed by atoms with Gasteiger partial charge in [0, 0.05) is 25.4 Å². The Labute approximate surface area is 113 Å². The number of nitrogens with zero attached hydrogens (tertiary/aromatic N) is 2. The highest BCUT2D eigenvalue weighted by Gasteiger charge is 2.06. The van der Waals surface area contributed by atoms with Crippen LogP contribution in [0.15, 0.2) is 17.1 Å². The smallest absolute Gasteiger partial charge is 0.223 e. The molecule has 0 aliphatic heterocycles. The summed E-state index contributed by atoms with van der Waals surface area (Å²) in [4.78, 5) is 14.0. The lowest BCUT2D eigenvalue weighted by Crippen LogP contribution is -2.28. The molecule has 0 saturated heterocycles. The van der Waals surface area contributed by atoms with Crippen molar-refractivity contribution in [2.45, 2.75) is 19.7 Å². The van der Waals surface area contributed by atoms with Crippen molar-refractivity contribution in [3.05, 3.63) is 28.2 Å². The average Bonchev–Trinajstić information content (AvgIpc) is 2.38. The molecule has 102 valence electrons. The fraction of sp³-hybridized carbons (Fsp3) is 0.615. The molecule has 0 aliphatic carbocycles. The van der Waals surface area contributed by atoms with E-state index in [0.717, 1.165) is 25.3 Å². The van der Waals surface area contributed by atoms with Crippen LogP contribution >= 0.6 is 11.6 Å². The second-order valence-electron chi connectivity index (χ2n) is 4.11. The Hall–Kier alpha value is -1.00. The first-order chi connectivity index (χ1) is 8.62. The molecule has 0 spiro atoms. The first kappa shape index (κ1) is 15.1. The standard InChI is InChI=1S/C13H21ClN2O2/c1-4-16(5-2)6-7-18-13-10-15(3)11(9-14)8-12(13)17/h8,10H,4-7,9H2,1-3H3. The van der Waals surface area contributed by atoms with Gasteiger partial charge in [0.2, 0.25) is 5.43 Å². The molecule has 0 N–H and O–H groups in total. The molecule has 1 aromatic rings. The van der Waals surface area contributed by atoms with E-state index in [1.54, 1.807) is 6.20 Å². The van der Waals surface area contributed by atoms with Crippen molar-refractivity contribution in [3.8, 4) is 5.75 Å². The van der Waals surface area contributed by atoms with Crippen LogP contribution in [0.1, 0.15) is 19.5 Å². The first-order valence-electron chi connectivity index (χ1n) is 6.23. The van der Waals surface area contributed by atoms with Crippen molar-refractivity contribution >= 4 is 11.6 Å². The molecule has 0 fully saturated rings. The zero-order valence-corrected chi connectivity index (χ0v) is 12.0. The molecule has 18 heavy (non-hydrogen) atoms. The van der Waals surface area contributed by atoms with Crippen molar-refractivity contribution in [2.75, 3.05) is 26.2 Å². The van der Waals surface area contributed by atoms with E-state index in [4.69, 9.17) is 16.3 Å². The minimum atomic E-state index is -0.108. The molecule has 0 saturated carbocycles. The van der Waals surface area contributed by atoms with Crippen LogP contribution in [0.4, 0.5) is 0 Å². The highest BCUT2D eigenvalue weighted by molar-refractivity contribution is 6.16. The van der Waals surface area contributed by atoms with E-state index >= 15 is 0 Å². The largest absolute Gasteiger partial charge is 0.487 e. The molecule has 0 aliphatic rings. The van der Waals surface area contributed by atoms with Gasteiger partial charge in [0.1, 0.15) is 6.61 Å². The van der Waals surface area contributed by atoms with Gasteiger partial charge in [-0.25, -0.2) is 0 Å². The molecule has 0 bridgehead atoms. The molecule has 1 rings (SSSR count). The van der Waals surface area contributed by atoms with Gasteiger partial charge in [0.05, 0.1) is 12.1 Å². The number of pyridine rings is 1. The number of aryl methyl sites for hydroxylation is 1. The number of ether oxygens (including phenoxy) is 1. The van der Waals surface area contributed by atoms with Gasteiger partial charge in [0.25, 0.3) is 0 Å². The van der Waals surface area contributed by atoms with Crippen molar-refractivity contribution < 1.29 is 4.74 Å². The Balaban J connectivity index is 2.63. The molecular weight excluding hydrogens is 252 g/mol. The summed E-state index contributed by atoms with van der Waals surface area (Å²) < 4.78 is 7.35. The van der Waals surface area contributed by atoms with Gasteiger partial charge in [-0.15, -0.1) is 11.6 Å². The molecule has 5 heteroatoms. The van der Waals surface area contributed by atoms with E-state index in [9.17, 15) is 4.79 Å². The summed E-state index contributed by atoms with van der Waals surface area (Å²) in [5.41, 5.74) is 0.682. The monoisotopic (exact) mass is 272 g/mol. The van der Waals surface area contributed by atoms with Gasteiger partial charge >= 0.3 is 0 Å². The number of halogens is 1. The van der Waals surface area contributed by atoms with Gasteiger partial charge in [-0.05, 0) is 13.1 Å². The minimum Gasteiger partial charge on any atom is -0.487 e. The van der Waals surface area contributed by atoms with Gasteiger partial charge in [-0.1, -0.05) is 13.8 Å². The van der Waals surface area contributed by atoms with E-state index in [1.165, 1.54) is 6.07 Å². The minimum absolute atomic E-state index is 0.108. The van der Waals surface area contributed by atoms with Crippen LogP contribution in [-0.4, -0.2) is 35.7 Å². The van der Waals surface area contributed by atoms with E-state index in [-0.39, 0.29) is 5.43 Å². The van der Waals surface area contributed by atoms with Crippen molar-refractivity contribution in [1.29, 1.82) is 0 Å². The van der Waals surface area contributed by atoms with Crippen LogP contribution in [0.3, 0.4) is 0 Å². The van der Waals surface area contributed by atoms with Crippen LogP contribution in [0.5, 0.6) is 5.75 Å². The van der Waals surface area contributed by atoms with Gasteiger partial charge in [-0.2, -0.15) is 0 Å². The number of alkyl halides is 1. The number of likely N-dealkylation sites (N-methyl/N-ethyl adjacent to an activating group) is 1. The third-order valence-electron chi connectivity index (χ3n) is 3.00. The zero-order valence-electron chi connectivity index (χ0n) is 11.3. The van der Waals surface area contributed by atoms with Crippen LogP contribution in [0.2, 0.25) is 0 Å². The quantitative estimate of drug-likeness (QED) is 0.711. The van der Waals surface area contributed by atoms with Gasteiger partial charge in [0.15, 0.2) is 5.75 Å². The summed E-state index contributed by atoms with van der Waals surface area (Å²) in [5, 5.41) is 0. The van der Waals surface area contributed by atoms with Crippen LogP contribution < -0.4 is 10.2 Å². The Bertz CT molecular complexity index is 427. The highest BCUT2D eigenvalue weighted by atomic mass is 35.5. The van der Waals surface area contributed by atoms with Crippen LogP contribution in [0, 0.1) is 0 Å². The second kappa shape index (κ2) is 7.44. The lowest BCUT2D eigenvalue weighted by Gasteiger charge is -2.18. The fourth-order valence-corrected chi connectivity index (χ4v) is 1.98. The Morgan fingerprint density at radius 2 is 2.06 bits per heavy atom. The first-order valence-corrected chi connectivity index (χ1v) is 6.76. The lowest BCUT2D eigenvalue weighted by atomic mass is 10.3. The van der Waals surface area contributed by atoms with Gasteiger partial charge in [-0.3, -0.25) is 4.79 Å². The predicted molar refractivity (Wildman–Crippen MR) is 74.5 cm³/mol. The maximum atomic E-state index is 11.8.